The normalized spacial score (nSPS) is 18.5. The van der Waals surface area contributed by atoms with E-state index in [9.17, 15) is 4.79 Å². The Morgan fingerprint density at radius 2 is 1.79 bits per heavy atom. The first-order chi connectivity index (χ1) is 16.0. The first kappa shape index (κ1) is 21.2. The fraction of sp³-hybridized carbons (Fsp3) is 0.360. The molecule has 172 valence electrons. The first-order valence-corrected chi connectivity index (χ1v) is 10.9. The summed E-state index contributed by atoms with van der Waals surface area (Å²) in [5.74, 6) is 2.53. The lowest BCUT2D eigenvalue weighted by atomic mass is 9.88. The highest BCUT2D eigenvalue weighted by molar-refractivity contribution is 5.63. The smallest absolute Gasteiger partial charge is 0.311 e. The molecule has 0 radical (unpaired) electrons. The maximum absolute atomic E-state index is 13.3. The lowest BCUT2D eigenvalue weighted by Gasteiger charge is -2.45. The molecule has 2 aliphatic rings. The van der Waals surface area contributed by atoms with Gasteiger partial charge in [0.15, 0.2) is 11.5 Å². The Bertz CT molecular complexity index is 1240. The number of hydrogen-bond donors (Lipinski definition) is 0. The molecule has 2 atom stereocenters. The zero-order valence-corrected chi connectivity index (χ0v) is 19.2. The summed E-state index contributed by atoms with van der Waals surface area (Å²) in [5, 5.41) is 4.47. The Morgan fingerprint density at radius 1 is 1.06 bits per heavy atom. The van der Waals surface area contributed by atoms with E-state index in [4.69, 9.17) is 18.9 Å². The molecule has 0 fully saturated rings. The third-order valence-electron chi connectivity index (χ3n) is 6.45. The van der Waals surface area contributed by atoms with E-state index in [0.717, 1.165) is 41.3 Å². The average Bonchev–Trinajstić information content (AvgIpc) is 2.85. The van der Waals surface area contributed by atoms with Crippen molar-refractivity contribution in [1.82, 2.24) is 9.78 Å². The van der Waals surface area contributed by atoms with Gasteiger partial charge in [0.2, 0.25) is 5.75 Å². The Morgan fingerprint density at radius 3 is 2.48 bits per heavy atom. The van der Waals surface area contributed by atoms with Crippen LogP contribution < -0.4 is 29.4 Å². The summed E-state index contributed by atoms with van der Waals surface area (Å²) in [6.45, 7) is 3.12. The predicted molar refractivity (Wildman–Crippen MR) is 124 cm³/mol. The van der Waals surface area contributed by atoms with Crippen molar-refractivity contribution in [3.05, 3.63) is 69.6 Å². The van der Waals surface area contributed by atoms with Gasteiger partial charge in [-0.3, -0.25) is 4.79 Å². The van der Waals surface area contributed by atoms with E-state index >= 15 is 0 Å². The van der Waals surface area contributed by atoms with Crippen molar-refractivity contribution in [2.24, 2.45) is 0 Å². The largest absolute Gasteiger partial charge is 0.497 e. The molecule has 0 unspecified atom stereocenters. The van der Waals surface area contributed by atoms with Gasteiger partial charge in [0, 0.05) is 6.54 Å². The predicted octanol–water partition coefficient (Wildman–Crippen LogP) is 3.20. The minimum atomic E-state index is -0.230. The number of benzene rings is 2. The molecule has 3 heterocycles. The van der Waals surface area contributed by atoms with Crippen LogP contribution in [0, 0.1) is 0 Å². The third kappa shape index (κ3) is 3.55. The van der Waals surface area contributed by atoms with Gasteiger partial charge < -0.3 is 23.8 Å². The van der Waals surface area contributed by atoms with Crippen LogP contribution in [0.15, 0.2) is 47.4 Å². The van der Waals surface area contributed by atoms with Gasteiger partial charge in [-0.15, -0.1) is 0 Å². The van der Waals surface area contributed by atoms with Gasteiger partial charge in [0.25, 0.3) is 0 Å². The van der Waals surface area contributed by atoms with Crippen molar-refractivity contribution < 1.29 is 18.9 Å². The summed E-state index contributed by atoms with van der Waals surface area (Å²) >= 11 is 0. The van der Waals surface area contributed by atoms with Crippen LogP contribution in [0.5, 0.6) is 23.0 Å². The number of anilines is 1. The second-order valence-corrected chi connectivity index (χ2v) is 8.29. The molecule has 33 heavy (non-hydrogen) atoms. The van der Waals surface area contributed by atoms with E-state index in [1.54, 1.807) is 27.5 Å². The molecular formula is C25H27N3O5. The molecule has 8 heteroatoms. The molecule has 0 bridgehead atoms. The second-order valence-electron chi connectivity index (χ2n) is 8.29. The molecule has 2 aromatic carbocycles. The molecule has 2 aliphatic heterocycles. The van der Waals surface area contributed by atoms with Gasteiger partial charge in [0.1, 0.15) is 17.5 Å². The summed E-state index contributed by atoms with van der Waals surface area (Å²) in [5.41, 5.74) is 3.79. The Labute approximate surface area is 192 Å². The number of rotatable bonds is 5. The third-order valence-corrected chi connectivity index (χ3v) is 6.45. The molecule has 0 amide bonds. The zero-order valence-electron chi connectivity index (χ0n) is 19.2. The molecule has 5 rings (SSSR count). The number of methoxy groups -OCH3 is 3. The van der Waals surface area contributed by atoms with Crippen molar-refractivity contribution in [2.75, 3.05) is 32.8 Å². The fourth-order valence-corrected chi connectivity index (χ4v) is 4.80. The lowest BCUT2D eigenvalue weighted by Crippen LogP contribution is -2.48. The Hall–Kier alpha value is -3.68. The van der Waals surface area contributed by atoms with Gasteiger partial charge in [-0.25, -0.2) is 4.68 Å². The van der Waals surface area contributed by atoms with Crippen LogP contribution >= 0.6 is 0 Å². The van der Waals surface area contributed by atoms with Crippen LogP contribution in [0.3, 0.4) is 0 Å². The van der Waals surface area contributed by atoms with Gasteiger partial charge in [-0.1, -0.05) is 12.1 Å². The number of fused-ring (bicyclic) bond motifs is 5. The van der Waals surface area contributed by atoms with Crippen LogP contribution in [0.1, 0.15) is 29.7 Å². The maximum Gasteiger partial charge on any atom is 0.311 e. The van der Waals surface area contributed by atoms with Crippen LogP contribution in [0.2, 0.25) is 0 Å². The van der Waals surface area contributed by atoms with Crippen molar-refractivity contribution in [1.29, 1.82) is 0 Å². The minimum absolute atomic E-state index is 0.0419. The molecule has 3 aromatic rings. The van der Waals surface area contributed by atoms with Crippen molar-refractivity contribution in [3.8, 4) is 23.0 Å². The fourth-order valence-electron chi connectivity index (χ4n) is 4.80. The SMILES string of the molecule is COc1ccc(Cn2ncc3c(c2=O)O[C@@H](C)[C@@H]2c4cc(OC)c(OC)cc4CCN32)cc1. The standard InChI is InChI=1S/C25H27N3O5/c1-15-23-19-12-22(32-4)21(31-3)11-17(19)9-10-27(23)20-13-26-28(25(29)24(20)33-15)14-16-5-7-18(30-2)8-6-16/h5-8,11-13,15,23H,9-10,14H2,1-4H3/t15-,23+/m0/s1. The molecule has 1 aromatic heterocycles. The van der Waals surface area contributed by atoms with Crippen LogP contribution in [0.4, 0.5) is 5.69 Å². The average molecular weight is 450 g/mol. The first-order valence-electron chi connectivity index (χ1n) is 10.9. The summed E-state index contributed by atoms with van der Waals surface area (Å²) < 4.78 is 23.9. The summed E-state index contributed by atoms with van der Waals surface area (Å²) in [6, 6.07) is 11.6. The van der Waals surface area contributed by atoms with Crippen LogP contribution in [0.25, 0.3) is 0 Å². The van der Waals surface area contributed by atoms with Gasteiger partial charge in [0.05, 0.1) is 40.1 Å². The molecule has 0 N–H and O–H groups in total. The van der Waals surface area contributed by atoms with Crippen molar-refractivity contribution in [2.45, 2.75) is 32.0 Å². The van der Waals surface area contributed by atoms with Gasteiger partial charge in [-0.05, 0) is 54.3 Å². The number of nitrogens with zero attached hydrogens (tertiary/aromatic N) is 3. The maximum atomic E-state index is 13.3. The second kappa shape index (κ2) is 8.35. The van der Waals surface area contributed by atoms with E-state index in [1.807, 2.05) is 43.3 Å². The minimum Gasteiger partial charge on any atom is -0.497 e. The Kier molecular flexibility index (Phi) is 5.36. The van der Waals surface area contributed by atoms with Crippen LogP contribution in [-0.4, -0.2) is 43.8 Å². The highest BCUT2D eigenvalue weighted by atomic mass is 16.5. The van der Waals surface area contributed by atoms with Gasteiger partial charge in [-0.2, -0.15) is 5.10 Å². The quantitative estimate of drug-likeness (QED) is 0.592. The molecule has 0 aliphatic carbocycles. The van der Waals surface area contributed by atoms with E-state index in [2.05, 4.69) is 10.00 Å². The number of ether oxygens (including phenoxy) is 4. The molecule has 0 saturated heterocycles. The van der Waals surface area contributed by atoms with Crippen LogP contribution in [-0.2, 0) is 13.0 Å². The van der Waals surface area contributed by atoms with E-state index in [0.29, 0.717) is 18.0 Å². The highest BCUT2D eigenvalue weighted by Crippen LogP contribution is 2.46. The number of hydrogen-bond acceptors (Lipinski definition) is 7. The highest BCUT2D eigenvalue weighted by Gasteiger charge is 2.40. The van der Waals surface area contributed by atoms with E-state index in [-0.39, 0.29) is 17.7 Å². The van der Waals surface area contributed by atoms with Gasteiger partial charge >= 0.3 is 5.56 Å². The molecular weight excluding hydrogens is 422 g/mol. The monoisotopic (exact) mass is 449 g/mol. The molecule has 8 nitrogen and oxygen atoms in total. The zero-order chi connectivity index (χ0) is 23.1. The lowest BCUT2D eigenvalue weighted by molar-refractivity contribution is 0.160. The topological polar surface area (TPSA) is 75.1 Å². The van der Waals surface area contributed by atoms with Crippen molar-refractivity contribution >= 4 is 5.69 Å². The van der Waals surface area contributed by atoms with Crippen molar-refractivity contribution in [3.63, 3.8) is 0 Å². The van der Waals surface area contributed by atoms with E-state index in [1.165, 1.54) is 10.2 Å². The molecule has 0 spiro atoms. The summed E-state index contributed by atoms with van der Waals surface area (Å²) in [6.07, 6.45) is 2.34. The number of aromatic nitrogens is 2. The molecule has 0 saturated carbocycles. The van der Waals surface area contributed by atoms with E-state index < -0.39 is 0 Å². The summed E-state index contributed by atoms with van der Waals surface area (Å²) in [7, 11) is 4.91. The summed E-state index contributed by atoms with van der Waals surface area (Å²) in [4.78, 5) is 15.5. The Balaban J connectivity index is 1.50.